The molecule has 0 atom stereocenters. The van der Waals surface area contributed by atoms with Gasteiger partial charge in [-0.2, -0.15) is 4.98 Å². The molecule has 0 N–H and O–H groups in total. The van der Waals surface area contributed by atoms with E-state index in [0.29, 0.717) is 24.0 Å². The van der Waals surface area contributed by atoms with E-state index >= 15 is 0 Å². The van der Waals surface area contributed by atoms with Crippen LogP contribution in [0.25, 0.3) is 11.6 Å². The number of hydrogen-bond donors (Lipinski definition) is 0. The minimum Gasteiger partial charge on any atom is -0.461 e. The SMILES string of the molecule is CSc1ccc(CN(C)Cc2nc(-c3ccco3)no2)cc1. The first-order chi connectivity index (χ1) is 10.7. The summed E-state index contributed by atoms with van der Waals surface area (Å²) in [6.45, 7) is 1.42. The third-order valence-corrected chi connectivity index (χ3v) is 3.97. The fourth-order valence-electron chi connectivity index (χ4n) is 2.15. The van der Waals surface area contributed by atoms with E-state index in [2.05, 4.69) is 45.6 Å². The maximum atomic E-state index is 5.27. The van der Waals surface area contributed by atoms with Gasteiger partial charge in [0.2, 0.25) is 11.7 Å². The first-order valence-corrected chi connectivity index (χ1v) is 8.15. The average molecular weight is 315 g/mol. The summed E-state index contributed by atoms with van der Waals surface area (Å²) < 4.78 is 10.5. The molecule has 3 rings (SSSR count). The molecular weight excluding hydrogens is 298 g/mol. The molecule has 0 aliphatic rings. The third-order valence-electron chi connectivity index (χ3n) is 3.23. The monoisotopic (exact) mass is 315 g/mol. The highest BCUT2D eigenvalue weighted by atomic mass is 32.2. The normalized spacial score (nSPS) is 11.2. The second-order valence-electron chi connectivity index (χ2n) is 5.01. The highest BCUT2D eigenvalue weighted by molar-refractivity contribution is 7.98. The van der Waals surface area contributed by atoms with Gasteiger partial charge < -0.3 is 8.94 Å². The fraction of sp³-hybridized carbons (Fsp3) is 0.250. The summed E-state index contributed by atoms with van der Waals surface area (Å²) in [5.74, 6) is 1.68. The van der Waals surface area contributed by atoms with Crippen LogP contribution in [0.2, 0.25) is 0 Å². The van der Waals surface area contributed by atoms with Crippen molar-refractivity contribution in [2.75, 3.05) is 13.3 Å². The van der Waals surface area contributed by atoms with Gasteiger partial charge in [0.1, 0.15) is 0 Å². The van der Waals surface area contributed by atoms with Gasteiger partial charge in [-0.1, -0.05) is 17.3 Å². The van der Waals surface area contributed by atoms with Crippen molar-refractivity contribution < 1.29 is 8.94 Å². The van der Waals surface area contributed by atoms with Crippen molar-refractivity contribution in [2.45, 2.75) is 18.0 Å². The van der Waals surface area contributed by atoms with Crippen LogP contribution in [0.15, 0.2) is 56.5 Å². The van der Waals surface area contributed by atoms with Gasteiger partial charge in [0, 0.05) is 11.4 Å². The van der Waals surface area contributed by atoms with E-state index in [0.717, 1.165) is 6.54 Å². The molecule has 0 saturated heterocycles. The van der Waals surface area contributed by atoms with Gasteiger partial charge in [0.25, 0.3) is 0 Å². The Morgan fingerprint density at radius 1 is 1.14 bits per heavy atom. The summed E-state index contributed by atoms with van der Waals surface area (Å²) >= 11 is 1.74. The van der Waals surface area contributed by atoms with Crippen molar-refractivity contribution in [3.8, 4) is 11.6 Å². The first-order valence-electron chi connectivity index (χ1n) is 6.92. The van der Waals surface area contributed by atoms with Gasteiger partial charge in [-0.25, -0.2) is 0 Å². The van der Waals surface area contributed by atoms with Crippen LogP contribution in [0.1, 0.15) is 11.5 Å². The lowest BCUT2D eigenvalue weighted by Gasteiger charge is -2.14. The van der Waals surface area contributed by atoms with Crippen molar-refractivity contribution in [3.05, 3.63) is 54.1 Å². The molecule has 0 radical (unpaired) electrons. The van der Waals surface area contributed by atoms with E-state index in [-0.39, 0.29) is 0 Å². The molecule has 0 saturated carbocycles. The van der Waals surface area contributed by atoms with Crippen LogP contribution in [0.5, 0.6) is 0 Å². The predicted molar refractivity (Wildman–Crippen MR) is 85.4 cm³/mol. The zero-order valence-corrected chi connectivity index (χ0v) is 13.3. The molecule has 2 aromatic heterocycles. The van der Waals surface area contributed by atoms with Gasteiger partial charge in [0.05, 0.1) is 12.8 Å². The highest BCUT2D eigenvalue weighted by Crippen LogP contribution is 2.18. The number of rotatable bonds is 6. The van der Waals surface area contributed by atoms with Crippen molar-refractivity contribution in [1.82, 2.24) is 15.0 Å². The minimum atomic E-state index is 0.484. The summed E-state index contributed by atoms with van der Waals surface area (Å²) in [4.78, 5) is 7.75. The van der Waals surface area contributed by atoms with Gasteiger partial charge in [-0.15, -0.1) is 11.8 Å². The van der Waals surface area contributed by atoms with Crippen LogP contribution >= 0.6 is 11.8 Å². The van der Waals surface area contributed by atoms with Gasteiger partial charge >= 0.3 is 0 Å². The number of hydrogen-bond acceptors (Lipinski definition) is 6. The summed E-state index contributed by atoms with van der Waals surface area (Å²) in [5, 5.41) is 3.93. The first kappa shape index (κ1) is 14.9. The standard InChI is InChI=1S/C16H17N3O2S/c1-19(10-12-5-7-13(22-2)8-6-12)11-15-17-16(18-21-15)14-4-3-9-20-14/h3-9H,10-11H2,1-2H3. The molecule has 0 bridgehead atoms. The van der Waals surface area contributed by atoms with E-state index in [9.17, 15) is 0 Å². The molecule has 2 heterocycles. The molecule has 0 amide bonds. The summed E-state index contributed by atoms with van der Waals surface area (Å²) in [6, 6.07) is 12.2. The maximum absolute atomic E-state index is 5.27. The van der Waals surface area contributed by atoms with Gasteiger partial charge in [-0.3, -0.25) is 4.90 Å². The number of thioether (sulfide) groups is 1. The Kier molecular flexibility index (Phi) is 4.60. The molecule has 0 fully saturated rings. The topological polar surface area (TPSA) is 55.3 Å². The molecule has 3 aromatic rings. The number of nitrogens with zero attached hydrogens (tertiary/aromatic N) is 3. The van der Waals surface area contributed by atoms with Crippen molar-refractivity contribution in [2.24, 2.45) is 0 Å². The van der Waals surface area contributed by atoms with Crippen molar-refractivity contribution >= 4 is 11.8 Å². The summed E-state index contributed by atoms with van der Waals surface area (Å²) in [6.07, 6.45) is 3.67. The predicted octanol–water partition coefficient (Wildman–Crippen LogP) is 3.68. The van der Waals surface area contributed by atoms with Crippen LogP contribution in [0.3, 0.4) is 0 Å². The smallest absolute Gasteiger partial charge is 0.241 e. The number of furan rings is 1. The lowest BCUT2D eigenvalue weighted by Crippen LogP contribution is -2.17. The average Bonchev–Trinajstić information content (AvgIpc) is 3.19. The van der Waals surface area contributed by atoms with E-state index in [1.165, 1.54) is 10.5 Å². The second-order valence-corrected chi connectivity index (χ2v) is 5.89. The van der Waals surface area contributed by atoms with Crippen molar-refractivity contribution in [3.63, 3.8) is 0 Å². The van der Waals surface area contributed by atoms with E-state index < -0.39 is 0 Å². The Bertz CT molecular complexity index is 707. The lowest BCUT2D eigenvalue weighted by molar-refractivity contribution is 0.261. The zero-order chi connectivity index (χ0) is 15.4. The van der Waals surface area contributed by atoms with Crippen LogP contribution < -0.4 is 0 Å². The summed E-state index contributed by atoms with van der Waals surface area (Å²) in [7, 11) is 2.03. The van der Waals surface area contributed by atoms with Crippen molar-refractivity contribution in [1.29, 1.82) is 0 Å². The highest BCUT2D eigenvalue weighted by Gasteiger charge is 2.12. The number of aromatic nitrogens is 2. The molecular formula is C16H17N3O2S. The minimum absolute atomic E-state index is 0.484. The van der Waals surface area contributed by atoms with Crippen LogP contribution in [0, 0.1) is 0 Å². The molecule has 0 unspecified atom stereocenters. The lowest BCUT2D eigenvalue weighted by atomic mass is 10.2. The number of benzene rings is 1. The Balaban J connectivity index is 1.60. The van der Waals surface area contributed by atoms with E-state index in [1.54, 1.807) is 24.1 Å². The largest absolute Gasteiger partial charge is 0.461 e. The fourth-order valence-corrected chi connectivity index (χ4v) is 2.56. The Hall–Kier alpha value is -2.05. The molecule has 0 aliphatic heterocycles. The van der Waals surface area contributed by atoms with E-state index in [4.69, 9.17) is 8.94 Å². The van der Waals surface area contributed by atoms with Crippen LogP contribution in [-0.2, 0) is 13.1 Å². The second kappa shape index (κ2) is 6.81. The molecule has 0 spiro atoms. The quantitative estimate of drug-likeness (QED) is 0.647. The van der Waals surface area contributed by atoms with Gasteiger partial charge in [-0.05, 0) is 43.1 Å². The van der Waals surface area contributed by atoms with Gasteiger partial charge in [0.15, 0.2) is 5.76 Å². The van der Waals surface area contributed by atoms with Crippen LogP contribution in [0.4, 0.5) is 0 Å². The maximum Gasteiger partial charge on any atom is 0.241 e. The third kappa shape index (κ3) is 3.58. The Morgan fingerprint density at radius 3 is 2.64 bits per heavy atom. The molecule has 114 valence electrons. The molecule has 22 heavy (non-hydrogen) atoms. The molecule has 1 aromatic carbocycles. The van der Waals surface area contributed by atoms with Crippen LogP contribution in [-0.4, -0.2) is 28.3 Å². The Labute approximate surface area is 133 Å². The Morgan fingerprint density at radius 2 is 1.95 bits per heavy atom. The molecule has 6 heteroatoms. The molecule has 0 aliphatic carbocycles. The van der Waals surface area contributed by atoms with E-state index in [1.807, 2.05) is 13.1 Å². The molecule has 5 nitrogen and oxygen atoms in total. The summed E-state index contributed by atoms with van der Waals surface area (Å²) in [5.41, 5.74) is 1.26. The zero-order valence-electron chi connectivity index (χ0n) is 12.5.